The van der Waals surface area contributed by atoms with Gasteiger partial charge in [0.05, 0.1) is 4.90 Å². The molecule has 0 fully saturated rings. The number of aryl methyl sites for hydroxylation is 2. The van der Waals surface area contributed by atoms with Crippen molar-refractivity contribution in [2.45, 2.75) is 38.5 Å². The number of nitrogens with two attached hydrogens (primary N) is 1. The molecule has 0 heterocycles. The smallest absolute Gasteiger partial charge is 0.238 e. The molecule has 1 rings (SSSR count). The maximum Gasteiger partial charge on any atom is 0.238 e. The number of anilines is 1. The Morgan fingerprint density at radius 2 is 1.94 bits per heavy atom. The van der Waals surface area contributed by atoms with E-state index in [4.69, 9.17) is 5.14 Å². The second-order valence-corrected chi connectivity index (χ2v) is 5.64. The van der Waals surface area contributed by atoms with Gasteiger partial charge in [0.15, 0.2) is 0 Å². The van der Waals surface area contributed by atoms with Crippen LogP contribution in [0.15, 0.2) is 17.0 Å². The molecule has 0 aliphatic heterocycles. The summed E-state index contributed by atoms with van der Waals surface area (Å²) in [4.78, 5) is 11.5. The lowest BCUT2D eigenvalue weighted by Crippen LogP contribution is -2.16. The zero-order chi connectivity index (χ0) is 13.9. The first-order valence-corrected chi connectivity index (χ1v) is 7.30. The fourth-order valence-electron chi connectivity index (χ4n) is 1.67. The number of nitrogens with one attached hydrogen (secondary N) is 1. The highest BCUT2D eigenvalue weighted by Gasteiger charge is 2.14. The van der Waals surface area contributed by atoms with Crippen LogP contribution in [0.2, 0.25) is 0 Å². The molecule has 18 heavy (non-hydrogen) atoms. The van der Waals surface area contributed by atoms with Crippen molar-refractivity contribution in [1.29, 1.82) is 0 Å². The van der Waals surface area contributed by atoms with E-state index in [9.17, 15) is 13.2 Å². The van der Waals surface area contributed by atoms with Crippen molar-refractivity contribution >= 4 is 21.6 Å². The number of hydrogen-bond donors (Lipinski definition) is 2. The zero-order valence-corrected chi connectivity index (χ0v) is 11.6. The van der Waals surface area contributed by atoms with Crippen LogP contribution >= 0.6 is 0 Å². The number of rotatable bonds is 4. The standard InChI is InChI=1S/C12H18N2O3S/c1-4-9-7-10(18(13,16)17)6-8(3)12(9)14-11(15)5-2/h6-7H,4-5H2,1-3H3,(H,14,15)(H2,13,16,17). The summed E-state index contributed by atoms with van der Waals surface area (Å²) in [6, 6.07) is 2.98. The average molecular weight is 270 g/mol. The van der Waals surface area contributed by atoms with Gasteiger partial charge in [0.25, 0.3) is 0 Å². The van der Waals surface area contributed by atoms with Crippen molar-refractivity contribution in [3.8, 4) is 0 Å². The van der Waals surface area contributed by atoms with E-state index in [1.54, 1.807) is 13.8 Å². The van der Waals surface area contributed by atoms with Gasteiger partial charge in [0.2, 0.25) is 15.9 Å². The molecule has 0 spiro atoms. The van der Waals surface area contributed by atoms with Crippen LogP contribution in [0.25, 0.3) is 0 Å². The van der Waals surface area contributed by atoms with Gasteiger partial charge in [0, 0.05) is 12.1 Å². The molecule has 0 saturated heterocycles. The molecule has 6 heteroatoms. The highest BCUT2D eigenvalue weighted by Crippen LogP contribution is 2.25. The average Bonchev–Trinajstić information content (AvgIpc) is 2.29. The molecule has 0 aromatic heterocycles. The Hall–Kier alpha value is -1.40. The first-order valence-electron chi connectivity index (χ1n) is 5.75. The second-order valence-electron chi connectivity index (χ2n) is 4.07. The highest BCUT2D eigenvalue weighted by atomic mass is 32.2. The summed E-state index contributed by atoms with van der Waals surface area (Å²) >= 11 is 0. The molecule has 0 aliphatic carbocycles. The van der Waals surface area contributed by atoms with Gasteiger partial charge in [-0.2, -0.15) is 0 Å². The minimum absolute atomic E-state index is 0.0753. The summed E-state index contributed by atoms with van der Waals surface area (Å²) in [5, 5.41) is 7.90. The Labute approximate surface area is 107 Å². The van der Waals surface area contributed by atoms with Gasteiger partial charge < -0.3 is 5.32 Å². The number of hydrogen-bond acceptors (Lipinski definition) is 3. The Kier molecular flexibility index (Phi) is 4.48. The lowest BCUT2D eigenvalue weighted by molar-refractivity contribution is -0.115. The third-order valence-corrected chi connectivity index (χ3v) is 3.58. The zero-order valence-electron chi connectivity index (χ0n) is 10.8. The quantitative estimate of drug-likeness (QED) is 0.870. The van der Waals surface area contributed by atoms with Gasteiger partial charge in [-0.05, 0) is 36.6 Å². The van der Waals surface area contributed by atoms with Crippen molar-refractivity contribution in [2.24, 2.45) is 5.14 Å². The Balaban J connectivity index is 3.33. The minimum atomic E-state index is -3.72. The Morgan fingerprint density at radius 3 is 2.39 bits per heavy atom. The molecule has 100 valence electrons. The van der Waals surface area contributed by atoms with Gasteiger partial charge in [-0.15, -0.1) is 0 Å². The summed E-state index contributed by atoms with van der Waals surface area (Å²) in [6.45, 7) is 5.40. The predicted octanol–water partition coefficient (Wildman–Crippen LogP) is 1.55. The van der Waals surface area contributed by atoms with Crippen molar-refractivity contribution in [1.82, 2.24) is 0 Å². The summed E-state index contributed by atoms with van der Waals surface area (Å²) in [7, 11) is -3.72. The maximum atomic E-state index is 11.4. The summed E-state index contributed by atoms with van der Waals surface area (Å²) in [5.41, 5.74) is 2.14. The Morgan fingerprint density at radius 1 is 1.33 bits per heavy atom. The van der Waals surface area contributed by atoms with Crippen LogP contribution in [0.5, 0.6) is 0 Å². The van der Waals surface area contributed by atoms with E-state index in [2.05, 4.69) is 5.32 Å². The topological polar surface area (TPSA) is 89.3 Å². The maximum absolute atomic E-state index is 11.4. The van der Waals surface area contributed by atoms with E-state index < -0.39 is 10.0 Å². The largest absolute Gasteiger partial charge is 0.326 e. The lowest BCUT2D eigenvalue weighted by atomic mass is 10.1. The second kappa shape index (κ2) is 5.49. The third-order valence-electron chi connectivity index (χ3n) is 2.69. The molecule has 3 N–H and O–H groups in total. The van der Waals surface area contributed by atoms with Crippen molar-refractivity contribution in [2.75, 3.05) is 5.32 Å². The van der Waals surface area contributed by atoms with Crippen molar-refractivity contribution in [3.05, 3.63) is 23.3 Å². The molecule has 0 aliphatic rings. The first kappa shape index (κ1) is 14.7. The van der Waals surface area contributed by atoms with Crippen LogP contribution in [-0.4, -0.2) is 14.3 Å². The molecule has 0 saturated carbocycles. The fourth-order valence-corrected chi connectivity index (χ4v) is 2.32. The van der Waals surface area contributed by atoms with Crippen LogP contribution in [-0.2, 0) is 21.2 Å². The van der Waals surface area contributed by atoms with Gasteiger partial charge >= 0.3 is 0 Å². The fraction of sp³-hybridized carbons (Fsp3) is 0.417. The van der Waals surface area contributed by atoms with Crippen LogP contribution in [0.1, 0.15) is 31.4 Å². The number of primary sulfonamides is 1. The van der Waals surface area contributed by atoms with Gasteiger partial charge in [-0.25, -0.2) is 13.6 Å². The molecule has 0 unspecified atom stereocenters. The van der Waals surface area contributed by atoms with Gasteiger partial charge in [-0.1, -0.05) is 13.8 Å². The van der Waals surface area contributed by atoms with Crippen LogP contribution in [0.4, 0.5) is 5.69 Å². The van der Waals surface area contributed by atoms with Crippen LogP contribution < -0.4 is 10.5 Å². The molecular weight excluding hydrogens is 252 g/mol. The van der Waals surface area contributed by atoms with E-state index in [-0.39, 0.29) is 10.8 Å². The van der Waals surface area contributed by atoms with E-state index in [1.165, 1.54) is 12.1 Å². The normalized spacial score (nSPS) is 11.3. The van der Waals surface area contributed by atoms with E-state index >= 15 is 0 Å². The monoisotopic (exact) mass is 270 g/mol. The third kappa shape index (κ3) is 3.30. The molecule has 1 amide bonds. The number of sulfonamides is 1. The predicted molar refractivity (Wildman–Crippen MR) is 70.9 cm³/mol. The van der Waals surface area contributed by atoms with Crippen LogP contribution in [0, 0.1) is 6.92 Å². The molecule has 0 atom stereocenters. The molecule has 5 nitrogen and oxygen atoms in total. The number of amides is 1. The molecule has 0 bridgehead atoms. The van der Waals surface area contributed by atoms with E-state index in [1.807, 2.05) is 6.92 Å². The summed E-state index contributed by atoms with van der Waals surface area (Å²) < 4.78 is 22.7. The molecule has 0 radical (unpaired) electrons. The highest BCUT2D eigenvalue weighted by molar-refractivity contribution is 7.89. The summed E-state index contributed by atoms with van der Waals surface area (Å²) in [5.74, 6) is -0.101. The molecule has 1 aromatic rings. The lowest BCUT2D eigenvalue weighted by Gasteiger charge is -2.14. The van der Waals surface area contributed by atoms with E-state index in [0.717, 1.165) is 5.56 Å². The van der Waals surface area contributed by atoms with Crippen molar-refractivity contribution < 1.29 is 13.2 Å². The number of carbonyl (C=O) groups excluding carboxylic acids is 1. The SMILES string of the molecule is CCC(=O)Nc1c(C)cc(S(N)(=O)=O)cc1CC. The number of benzene rings is 1. The first-order chi connectivity index (χ1) is 8.29. The van der Waals surface area contributed by atoms with Crippen molar-refractivity contribution in [3.63, 3.8) is 0 Å². The van der Waals surface area contributed by atoms with E-state index in [0.29, 0.717) is 24.1 Å². The van der Waals surface area contributed by atoms with Gasteiger partial charge in [-0.3, -0.25) is 4.79 Å². The Bertz CT molecular complexity index is 565. The molecule has 1 aromatic carbocycles. The number of carbonyl (C=O) groups is 1. The summed E-state index contributed by atoms with van der Waals surface area (Å²) in [6.07, 6.45) is 0.989. The minimum Gasteiger partial charge on any atom is -0.326 e. The van der Waals surface area contributed by atoms with Crippen LogP contribution in [0.3, 0.4) is 0 Å². The van der Waals surface area contributed by atoms with Gasteiger partial charge in [0.1, 0.15) is 0 Å². The molecular formula is C12H18N2O3S.